The minimum atomic E-state index is -0.718. The molecule has 200 valence electrons. The fourth-order valence-electron chi connectivity index (χ4n) is 4.93. The predicted molar refractivity (Wildman–Crippen MR) is 156 cm³/mol. The second-order valence-electron chi connectivity index (χ2n) is 9.34. The highest BCUT2D eigenvalue weighted by atomic mass is 32.1. The summed E-state index contributed by atoms with van der Waals surface area (Å²) < 4.78 is 0.462. The first-order valence-corrected chi connectivity index (χ1v) is 14.1. The Labute approximate surface area is 236 Å². The summed E-state index contributed by atoms with van der Waals surface area (Å²) in [6.07, 6.45) is 0.389. The third-order valence-electron chi connectivity index (χ3n) is 6.77. The van der Waals surface area contributed by atoms with Gasteiger partial charge in [-0.05, 0) is 28.9 Å². The van der Waals surface area contributed by atoms with Crippen molar-refractivity contribution in [2.24, 2.45) is 0 Å². The van der Waals surface area contributed by atoms with E-state index in [9.17, 15) is 9.59 Å². The molecule has 0 bridgehead atoms. The molecule has 1 saturated heterocycles. The second kappa shape index (κ2) is 12.8. The normalized spacial score (nSPS) is 14.6. The zero-order valence-electron chi connectivity index (χ0n) is 21.3. The molecule has 3 amide bonds. The number of benzene rings is 3. The van der Waals surface area contributed by atoms with Crippen LogP contribution in [0, 0.1) is 3.95 Å². The van der Waals surface area contributed by atoms with Crippen LogP contribution in [0.15, 0.2) is 91.0 Å². The van der Waals surface area contributed by atoms with Gasteiger partial charge in [0.05, 0.1) is 6.04 Å². The van der Waals surface area contributed by atoms with Crippen molar-refractivity contribution in [1.29, 1.82) is 0 Å². The molecule has 1 fully saturated rings. The molecule has 1 aliphatic heterocycles. The number of nitrogens with one attached hydrogen (secondary N) is 3. The lowest BCUT2D eigenvalue weighted by molar-refractivity contribution is -0.135. The van der Waals surface area contributed by atoms with E-state index < -0.39 is 12.1 Å². The molecule has 2 heterocycles. The van der Waals surface area contributed by atoms with Crippen molar-refractivity contribution in [2.75, 3.05) is 31.5 Å². The van der Waals surface area contributed by atoms with Gasteiger partial charge in [-0.1, -0.05) is 102 Å². The van der Waals surface area contributed by atoms with Crippen molar-refractivity contribution in [2.45, 2.75) is 18.5 Å². The van der Waals surface area contributed by atoms with Crippen LogP contribution in [0.2, 0.25) is 0 Å². The molecule has 10 heteroatoms. The van der Waals surface area contributed by atoms with E-state index in [1.165, 1.54) is 11.1 Å². The van der Waals surface area contributed by atoms with Gasteiger partial charge in [0.25, 0.3) is 0 Å². The van der Waals surface area contributed by atoms with Crippen molar-refractivity contribution in [3.05, 3.63) is 112 Å². The largest absolute Gasteiger partial charge is 0.338 e. The van der Waals surface area contributed by atoms with Crippen molar-refractivity contribution in [3.63, 3.8) is 0 Å². The number of anilines is 1. The van der Waals surface area contributed by atoms with Crippen molar-refractivity contribution in [1.82, 2.24) is 25.3 Å². The van der Waals surface area contributed by atoms with Crippen LogP contribution in [-0.2, 0) is 11.2 Å². The number of aromatic amines is 1. The first-order valence-electron chi connectivity index (χ1n) is 12.9. The van der Waals surface area contributed by atoms with Gasteiger partial charge in [-0.2, -0.15) is 0 Å². The summed E-state index contributed by atoms with van der Waals surface area (Å²) in [7, 11) is 0. The van der Waals surface area contributed by atoms with Gasteiger partial charge in [0, 0.05) is 32.6 Å². The molecule has 5 rings (SSSR count). The van der Waals surface area contributed by atoms with E-state index in [2.05, 4.69) is 74.3 Å². The predicted octanol–water partition coefficient (Wildman–Crippen LogP) is 4.87. The van der Waals surface area contributed by atoms with Gasteiger partial charge >= 0.3 is 6.03 Å². The van der Waals surface area contributed by atoms with Crippen LogP contribution in [0.1, 0.15) is 22.7 Å². The summed E-state index contributed by atoms with van der Waals surface area (Å²) >= 11 is 6.20. The summed E-state index contributed by atoms with van der Waals surface area (Å²) in [5.74, 6) is -0.0979. The number of hydrogen-bond donors (Lipinski definition) is 3. The van der Waals surface area contributed by atoms with E-state index in [1.807, 2.05) is 47.4 Å². The van der Waals surface area contributed by atoms with Crippen LogP contribution < -0.4 is 10.6 Å². The Morgan fingerprint density at radius 1 is 0.872 bits per heavy atom. The summed E-state index contributed by atoms with van der Waals surface area (Å²) in [5, 5.41) is 12.5. The van der Waals surface area contributed by atoms with E-state index in [1.54, 1.807) is 0 Å². The molecule has 3 N–H and O–H groups in total. The maximum atomic E-state index is 13.7. The molecule has 1 aromatic heterocycles. The third-order valence-corrected chi connectivity index (χ3v) is 7.77. The van der Waals surface area contributed by atoms with E-state index in [4.69, 9.17) is 12.2 Å². The summed E-state index contributed by atoms with van der Waals surface area (Å²) in [6, 6.07) is 29.5. The maximum Gasteiger partial charge on any atom is 0.321 e. The quantitative estimate of drug-likeness (QED) is 0.269. The Morgan fingerprint density at radius 3 is 1.97 bits per heavy atom. The fraction of sp³-hybridized carbons (Fsp3) is 0.241. The smallest absolute Gasteiger partial charge is 0.321 e. The standard InChI is InChI=1S/C29H30N6O2S2/c36-26(24(20-21-10-4-1-5-11-21)30-27(37)31-28-32-33-29(38)39-28)35-18-16-34(17-19-35)25(22-12-6-2-7-13-22)23-14-8-3-9-15-23/h1-15,24-25H,16-20H2,(H,33,38)(H2,30,31,32,37). The van der Waals surface area contributed by atoms with E-state index in [0.29, 0.717) is 28.6 Å². The molecular weight excluding hydrogens is 528 g/mol. The molecule has 0 saturated carbocycles. The lowest BCUT2D eigenvalue weighted by Gasteiger charge is -2.40. The highest BCUT2D eigenvalue weighted by molar-refractivity contribution is 7.73. The van der Waals surface area contributed by atoms with Crippen molar-refractivity contribution < 1.29 is 9.59 Å². The number of hydrogen-bond acceptors (Lipinski definition) is 6. The molecular formula is C29H30N6O2S2. The second-order valence-corrected chi connectivity index (χ2v) is 11.0. The Kier molecular flexibility index (Phi) is 8.77. The molecule has 0 aliphatic carbocycles. The minimum Gasteiger partial charge on any atom is -0.338 e. The molecule has 8 nitrogen and oxygen atoms in total. The number of rotatable bonds is 8. The van der Waals surface area contributed by atoms with Crippen molar-refractivity contribution in [3.8, 4) is 0 Å². The Bertz CT molecular complexity index is 1380. The number of nitrogens with zero attached hydrogens (tertiary/aromatic N) is 3. The monoisotopic (exact) mass is 558 g/mol. The number of amides is 3. The molecule has 0 spiro atoms. The molecule has 1 atom stereocenters. The first-order chi connectivity index (χ1) is 19.1. The molecule has 1 aliphatic rings. The van der Waals surface area contributed by atoms with Crippen molar-refractivity contribution >= 4 is 40.6 Å². The van der Waals surface area contributed by atoms with Gasteiger partial charge in [0.15, 0.2) is 3.95 Å². The Morgan fingerprint density at radius 2 is 1.44 bits per heavy atom. The van der Waals surface area contributed by atoms with Gasteiger partial charge in [0.1, 0.15) is 6.04 Å². The van der Waals surface area contributed by atoms with Gasteiger partial charge in [-0.15, -0.1) is 5.10 Å². The average molecular weight is 559 g/mol. The average Bonchev–Trinajstić information content (AvgIpc) is 3.38. The van der Waals surface area contributed by atoms with Crippen LogP contribution in [0.4, 0.5) is 9.93 Å². The number of carbonyl (C=O) groups excluding carboxylic acids is 2. The van der Waals surface area contributed by atoms with Crippen LogP contribution in [0.5, 0.6) is 0 Å². The highest BCUT2D eigenvalue weighted by Gasteiger charge is 2.32. The number of piperazine rings is 1. The van der Waals surface area contributed by atoms with Gasteiger partial charge in [-0.25, -0.2) is 4.79 Å². The number of aromatic nitrogens is 2. The number of H-pyrrole nitrogens is 1. The minimum absolute atomic E-state index is 0.0979. The molecule has 3 aromatic carbocycles. The summed E-state index contributed by atoms with van der Waals surface area (Å²) in [5.41, 5.74) is 3.43. The number of carbonyl (C=O) groups is 2. The first kappa shape index (κ1) is 26.7. The molecule has 39 heavy (non-hydrogen) atoms. The van der Waals surface area contributed by atoms with E-state index >= 15 is 0 Å². The topological polar surface area (TPSA) is 93.4 Å². The molecule has 1 unspecified atom stereocenters. The van der Waals surface area contributed by atoms with Gasteiger partial charge < -0.3 is 10.2 Å². The number of urea groups is 1. The Balaban J connectivity index is 1.29. The lowest BCUT2D eigenvalue weighted by atomic mass is 9.96. The maximum absolute atomic E-state index is 13.7. The van der Waals surface area contributed by atoms with Crippen LogP contribution >= 0.6 is 23.6 Å². The van der Waals surface area contributed by atoms with Crippen LogP contribution in [0.25, 0.3) is 0 Å². The molecule has 0 radical (unpaired) electrons. The Hall–Kier alpha value is -3.86. The fourth-order valence-corrected chi connectivity index (χ4v) is 5.71. The van der Waals surface area contributed by atoms with E-state index in [0.717, 1.165) is 30.0 Å². The third kappa shape index (κ3) is 6.97. The van der Waals surface area contributed by atoms with Gasteiger partial charge in [-0.3, -0.25) is 20.1 Å². The highest BCUT2D eigenvalue weighted by Crippen LogP contribution is 2.29. The zero-order valence-corrected chi connectivity index (χ0v) is 23.0. The van der Waals surface area contributed by atoms with Crippen LogP contribution in [0.3, 0.4) is 0 Å². The zero-order chi connectivity index (χ0) is 27.0. The summed E-state index contributed by atoms with van der Waals surface area (Å²) in [6.45, 7) is 2.59. The lowest BCUT2D eigenvalue weighted by Crippen LogP contribution is -2.56. The van der Waals surface area contributed by atoms with Gasteiger partial charge in [0.2, 0.25) is 11.0 Å². The molecule has 4 aromatic rings. The summed E-state index contributed by atoms with van der Waals surface area (Å²) in [4.78, 5) is 30.8. The van der Waals surface area contributed by atoms with E-state index in [-0.39, 0.29) is 11.9 Å². The van der Waals surface area contributed by atoms with Crippen LogP contribution in [-0.4, -0.2) is 64.2 Å². The SMILES string of the molecule is O=C(Nc1n[nH]c(=S)s1)NC(Cc1ccccc1)C(=O)N1CCN(C(c2ccccc2)c2ccccc2)CC1.